The molecule has 0 bridgehead atoms. The fourth-order valence-electron chi connectivity index (χ4n) is 3.59. The quantitative estimate of drug-likeness (QED) is 0.162. The maximum absolute atomic E-state index is 11.8. The van der Waals surface area contributed by atoms with Crippen molar-refractivity contribution in [3.63, 3.8) is 0 Å². The van der Waals surface area contributed by atoms with Gasteiger partial charge in [0, 0.05) is 6.54 Å². The molecule has 0 unspecified atom stereocenters. The first kappa shape index (κ1) is 28.7. The third-order valence-electron chi connectivity index (χ3n) is 5.62. The van der Waals surface area contributed by atoms with E-state index in [1.165, 1.54) is 77.0 Å². The minimum Gasteiger partial charge on any atom is -0.445 e. The number of allylic oxidation sites excluding steroid dienone is 2. The summed E-state index contributed by atoms with van der Waals surface area (Å²) in [7, 11) is 0. The molecule has 0 fully saturated rings. The highest BCUT2D eigenvalue weighted by atomic mass is 16.5. The van der Waals surface area contributed by atoms with Crippen molar-refractivity contribution in [1.29, 1.82) is 0 Å². The van der Waals surface area contributed by atoms with Crippen LogP contribution in [0.25, 0.3) is 0 Å². The van der Waals surface area contributed by atoms with Crippen molar-refractivity contribution in [2.75, 3.05) is 13.1 Å². The van der Waals surface area contributed by atoms with Crippen LogP contribution in [0.2, 0.25) is 0 Å². The maximum Gasteiger partial charge on any atom is 0.407 e. The van der Waals surface area contributed by atoms with Gasteiger partial charge in [0.15, 0.2) is 0 Å². The van der Waals surface area contributed by atoms with E-state index < -0.39 is 6.09 Å². The van der Waals surface area contributed by atoms with Crippen LogP contribution >= 0.6 is 0 Å². The molecule has 0 saturated heterocycles. The lowest BCUT2D eigenvalue weighted by Gasteiger charge is -2.08. The number of rotatable bonds is 20. The summed E-state index contributed by atoms with van der Waals surface area (Å²) in [5.74, 6) is -0.181. The Kier molecular flexibility index (Phi) is 18.8. The molecule has 33 heavy (non-hydrogen) atoms. The van der Waals surface area contributed by atoms with Crippen LogP contribution < -0.4 is 10.6 Å². The van der Waals surface area contributed by atoms with Gasteiger partial charge in [0.25, 0.3) is 0 Å². The number of alkyl carbamates (subject to hydrolysis) is 1. The van der Waals surface area contributed by atoms with Gasteiger partial charge < -0.3 is 15.4 Å². The van der Waals surface area contributed by atoms with Crippen LogP contribution in [0.3, 0.4) is 0 Å². The number of carbonyl (C=O) groups excluding carboxylic acids is 2. The van der Waals surface area contributed by atoms with Crippen molar-refractivity contribution in [2.45, 2.75) is 103 Å². The normalized spacial score (nSPS) is 10.9. The number of carbonyl (C=O) groups is 2. The molecule has 1 aromatic carbocycles. The zero-order valence-corrected chi connectivity index (χ0v) is 20.8. The van der Waals surface area contributed by atoms with Crippen LogP contribution in [0.4, 0.5) is 4.79 Å². The van der Waals surface area contributed by atoms with Gasteiger partial charge in [-0.3, -0.25) is 4.79 Å². The first-order chi connectivity index (χ1) is 16.2. The Balaban J connectivity index is 1.82. The van der Waals surface area contributed by atoms with Crippen molar-refractivity contribution in [2.24, 2.45) is 0 Å². The van der Waals surface area contributed by atoms with Gasteiger partial charge in [-0.05, 0) is 37.7 Å². The number of ether oxygens (including phenoxy) is 1. The molecule has 0 aromatic heterocycles. The zero-order chi connectivity index (χ0) is 23.8. The Hall–Kier alpha value is -2.30. The maximum atomic E-state index is 11.8. The fraction of sp³-hybridized carbons (Fsp3) is 0.643. The Bertz CT molecular complexity index is 631. The fourth-order valence-corrected chi connectivity index (χ4v) is 3.59. The third kappa shape index (κ3) is 18.9. The summed E-state index contributed by atoms with van der Waals surface area (Å²) in [5, 5.41) is 5.32. The predicted octanol–water partition coefficient (Wildman–Crippen LogP) is 7.07. The number of nitrogens with one attached hydrogen (secondary N) is 2. The molecule has 5 heteroatoms. The highest BCUT2D eigenvalue weighted by Gasteiger charge is 2.06. The molecule has 0 aliphatic heterocycles. The van der Waals surface area contributed by atoms with E-state index in [0.717, 1.165) is 18.4 Å². The van der Waals surface area contributed by atoms with E-state index in [2.05, 4.69) is 29.7 Å². The first-order valence-corrected chi connectivity index (χ1v) is 13.1. The van der Waals surface area contributed by atoms with Gasteiger partial charge >= 0.3 is 6.09 Å². The average Bonchev–Trinajstić information content (AvgIpc) is 2.84. The SMILES string of the molecule is CCCCCCCC/C=C\CCCCCCCCNC(=O)CNC(=O)OCc1ccccc1. The minimum absolute atomic E-state index is 0.0556. The highest BCUT2D eigenvalue weighted by Crippen LogP contribution is 2.09. The molecule has 2 amide bonds. The average molecular weight is 459 g/mol. The Morgan fingerprint density at radius 1 is 0.758 bits per heavy atom. The van der Waals surface area contributed by atoms with Gasteiger partial charge in [-0.25, -0.2) is 4.79 Å². The Morgan fingerprint density at radius 2 is 1.33 bits per heavy atom. The van der Waals surface area contributed by atoms with Crippen LogP contribution in [0.5, 0.6) is 0 Å². The summed E-state index contributed by atoms with van der Waals surface area (Å²) in [6, 6.07) is 9.45. The number of unbranched alkanes of at least 4 members (excludes halogenated alkanes) is 12. The Labute approximate surface area is 201 Å². The van der Waals surface area contributed by atoms with Crippen molar-refractivity contribution < 1.29 is 14.3 Å². The molecule has 2 N–H and O–H groups in total. The monoisotopic (exact) mass is 458 g/mol. The van der Waals surface area contributed by atoms with Gasteiger partial charge in [0.2, 0.25) is 5.91 Å². The molecule has 0 atom stereocenters. The van der Waals surface area contributed by atoms with Gasteiger partial charge in [0.1, 0.15) is 6.61 Å². The number of amides is 2. The highest BCUT2D eigenvalue weighted by molar-refractivity contribution is 5.82. The molecule has 0 saturated carbocycles. The first-order valence-electron chi connectivity index (χ1n) is 13.1. The van der Waals surface area contributed by atoms with Gasteiger partial charge in [-0.15, -0.1) is 0 Å². The zero-order valence-electron chi connectivity index (χ0n) is 20.8. The van der Waals surface area contributed by atoms with E-state index in [1.807, 2.05) is 30.3 Å². The van der Waals surface area contributed by atoms with Crippen LogP contribution in [-0.4, -0.2) is 25.1 Å². The summed E-state index contributed by atoms with van der Waals surface area (Å²) >= 11 is 0. The van der Waals surface area contributed by atoms with E-state index in [4.69, 9.17) is 4.74 Å². The second kappa shape index (κ2) is 21.5. The molecule has 0 spiro atoms. The smallest absolute Gasteiger partial charge is 0.407 e. The lowest BCUT2D eigenvalue weighted by atomic mass is 10.1. The van der Waals surface area contributed by atoms with Gasteiger partial charge in [0.05, 0.1) is 6.54 Å². The van der Waals surface area contributed by atoms with E-state index in [0.29, 0.717) is 6.54 Å². The molecule has 0 aliphatic rings. The van der Waals surface area contributed by atoms with Crippen molar-refractivity contribution in [3.05, 3.63) is 48.0 Å². The van der Waals surface area contributed by atoms with Crippen molar-refractivity contribution in [1.82, 2.24) is 10.6 Å². The summed E-state index contributed by atoms with van der Waals surface area (Å²) < 4.78 is 5.08. The summed E-state index contributed by atoms with van der Waals surface area (Å²) in [4.78, 5) is 23.4. The van der Waals surface area contributed by atoms with Gasteiger partial charge in [-0.1, -0.05) is 107 Å². The van der Waals surface area contributed by atoms with Crippen molar-refractivity contribution >= 4 is 12.0 Å². The van der Waals surface area contributed by atoms with E-state index >= 15 is 0 Å². The molecule has 0 radical (unpaired) electrons. The summed E-state index contributed by atoms with van der Waals surface area (Å²) in [6.07, 6.45) is 21.9. The predicted molar refractivity (Wildman–Crippen MR) is 137 cm³/mol. The largest absolute Gasteiger partial charge is 0.445 e. The van der Waals surface area contributed by atoms with Crippen LogP contribution in [0.15, 0.2) is 42.5 Å². The molecule has 5 nitrogen and oxygen atoms in total. The standard InChI is InChI=1S/C28H46N2O3/c1-2-3-4-5-6-7-8-9-10-11-12-13-14-15-16-20-23-29-27(31)24-30-28(32)33-25-26-21-18-17-19-22-26/h9-10,17-19,21-22H,2-8,11-16,20,23-25H2,1H3,(H,29,31)(H,30,32)/b10-9-. The summed E-state index contributed by atoms with van der Waals surface area (Å²) in [6.45, 7) is 3.06. The van der Waals surface area contributed by atoms with Gasteiger partial charge in [-0.2, -0.15) is 0 Å². The van der Waals surface area contributed by atoms with E-state index in [1.54, 1.807) is 0 Å². The number of hydrogen-bond acceptors (Lipinski definition) is 3. The molecule has 0 heterocycles. The van der Waals surface area contributed by atoms with Crippen LogP contribution in [0.1, 0.15) is 102 Å². The second-order valence-electron chi connectivity index (χ2n) is 8.70. The third-order valence-corrected chi connectivity index (χ3v) is 5.62. The van der Waals surface area contributed by atoms with Crippen molar-refractivity contribution in [3.8, 4) is 0 Å². The van der Waals surface area contributed by atoms with E-state index in [-0.39, 0.29) is 19.1 Å². The molecule has 1 rings (SSSR count). The van der Waals surface area contributed by atoms with E-state index in [9.17, 15) is 9.59 Å². The number of benzene rings is 1. The molecule has 0 aliphatic carbocycles. The Morgan fingerprint density at radius 3 is 1.97 bits per heavy atom. The lowest BCUT2D eigenvalue weighted by Crippen LogP contribution is -2.37. The van der Waals surface area contributed by atoms with Crippen LogP contribution in [0, 0.1) is 0 Å². The molecule has 1 aromatic rings. The second-order valence-corrected chi connectivity index (χ2v) is 8.70. The molecule has 186 valence electrons. The minimum atomic E-state index is -0.578. The van der Waals surface area contributed by atoms with Crippen LogP contribution in [-0.2, 0) is 16.1 Å². The molecular formula is C28H46N2O3. The number of hydrogen-bond donors (Lipinski definition) is 2. The summed E-state index contributed by atoms with van der Waals surface area (Å²) in [5.41, 5.74) is 0.914. The topological polar surface area (TPSA) is 67.4 Å². The lowest BCUT2D eigenvalue weighted by molar-refractivity contribution is -0.120. The molecular weight excluding hydrogens is 412 g/mol.